The van der Waals surface area contributed by atoms with Gasteiger partial charge in [0, 0.05) is 22.9 Å². The second-order valence-electron chi connectivity index (χ2n) is 6.77. The quantitative estimate of drug-likeness (QED) is 0.766. The van der Waals surface area contributed by atoms with Gasteiger partial charge in [0.1, 0.15) is 0 Å². The van der Waals surface area contributed by atoms with Gasteiger partial charge in [-0.3, -0.25) is 0 Å². The van der Waals surface area contributed by atoms with Crippen LogP contribution in [-0.4, -0.2) is 31.6 Å². The average Bonchev–Trinajstić information content (AvgIpc) is 2.78. The fraction of sp³-hybridized carbons (Fsp3) is 0.400. The number of rotatable bonds is 2. The molecular formula is C20H24N2S. The molecule has 1 saturated heterocycles. The van der Waals surface area contributed by atoms with Crippen LogP contribution < -0.4 is 4.90 Å². The Balaban J connectivity index is 1.67. The van der Waals surface area contributed by atoms with E-state index in [-0.39, 0.29) is 0 Å². The lowest BCUT2D eigenvalue weighted by Crippen LogP contribution is -2.33. The van der Waals surface area contributed by atoms with Crippen molar-refractivity contribution in [1.29, 1.82) is 0 Å². The molecule has 2 aliphatic rings. The first kappa shape index (κ1) is 15.1. The van der Waals surface area contributed by atoms with E-state index in [1.165, 1.54) is 53.5 Å². The summed E-state index contributed by atoms with van der Waals surface area (Å²) in [6.45, 7) is 3.59. The highest BCUT2D eigenvalue weighted by Crippen LogP contribution is 2.48. The maximum absolute atomic E-state index is 2.56. The van der Waals surface area contributed by atoms with Gasteiger partial charge in [-0.15, -0.1) is 0 Å². The molecule has 1 fully saturated rings. The zero-order valence-corrected chi connectivity index (χ0v) is 14.6. The zero-order valence-electron chi connectivity index (χ0n) is 13.7. The molecule has 0 saturated carbocycles. The fourth-order valence-electron chi connectivity index (χ4n) is 3.82. The predicted octanol–water partition coefficient (Wildman–Crippen LogP) is 5.02. The van der Waals surface area contributed by atoms with Crippen molar-refractivity contribution in [3.63, 3.8) is 0 Å². The SMILES string of the molecule is CN1CCCCC(CN2c3ccccc3Sc3ccccc32)C1. The van der Waals surface area contributed by atoms with Gasteiger partial charge in [0.15, 0.2) is 0 Å². The van der Waals surface area contributed by atoms with Crippen molar-refractivity contribution in [1.82, 2.24) is 4.90 Å². The van der Waals surface area contributed by atoms with Gasteiger partial charge in [-0.25, -0.2) is 0 Å². The molecule has 1 unspecified atom stereocenters. The van der Waals surface area contributed by atoms with Crippen LogP contribution in [0, 0.1) is 5.92 Å². The van der Waals surface area contributed by atoms with Crippen molar-refractivity contribution in [2.24, 2.45) is 5.92 Å². The molecule has 4 rings (SSSR count). The summed E-state index contributed by atoms with van der Waals surface area (Å²) in [4.78, 5) is 7.83. The van der Waals surface area contributed by atoms with Gasteiger partial charge in [0.25, 0.3) is 0 Å². The van der Waals surface area contributed by atoms with E-state index in [1.807, 2.05) is 11.8 Å². The molecule has 3 heteroatoms. The third-order valence-corrected chi connectivity index (χ3v) is 6.08. The minimum absolute atomic E-state index is 0.742. The Kier molecular flexibility index (Phi) is 4.32. The number of nitrogens with zero attached hydrogens (tertiary/aromatic N) is 2. The highest BCUT2D eigenvalue weighted by Gasteiger charge is 2.26. The molecule has 2 heterocycles. The monoisotopic (exact) mass is 324 g/mol. The molecule has 0 bridgehead atoms. The van der Waals surface area contributed by atoms with Crippen molar-refractivity contribution in [2.45, 2.75) is 29.1 Å². The first-order chi connectivity index (χ1) is 11.3. The van der Waals surface area contributed by atoms with Crippen LogP contribution >= 0.6 is 11.8 Å². The minimum Gasteiger partial charge on any atom is -0.339 e. The lowest BCUT2D eigenvalue weighted by molar-refractivity contribution is 0.302. The molecule has 2 aromatic rings. The number of fused-ring (bicyclic) bond motifs is 2. The Labute approximate surface area is 143 Å². The Bertz CT molecular complexity index is 639. The van der Waals surface area contributed by atoms with E-state index in [9.17, 15) is 0 Å². The summed E-state index contributed by atoms with van der Waals surface area (Å²) in [5, 5.41) is 0. The minimum atomic E-state index is 0.742. The fourth-order valence-corrected chi connectivity index (χ4v) is 4.92. The van der Waals surface area contributed by atoms with Crippen LogP contribution in [-0.2, 0) is 0 Å². The van der Waals surface area contributed by atoms with Gasteiger partial charge in [0.2, 0.25) is 0 Å². The molecule has 0 aromatic heterocycles. The van der Waals surface area contributed by atoms with Crippen molar-refractivity contribution < 1.29 is 0 Å². The summed E-state index contributed by atoms with van der Waals surface area (Å²) in [5.41, 5.74) is 2.76. The van der Waals surface area contributed by atoms with Gasteiger partial charge in [-0.2, -0.15) is 0 Å². The highest BCUT2D eigenvalue weighted by molar-refractivity contribution is 7.99. The maximum Gasteiger partial charge on any atom is 0.0552 e. The van der Waals surface area contributed by atoms with Crippen LogP contribution in [0.4, 0.5) is 11.4 Å². The van der Waals surface area contributed by atoms with Crippen LogP contribution in [0.2, 0.25) is 0 Å². The normalized spacial score (nSPS) is 21.4. The molecule has 2 aliphatic heterocycles. The molecular weight excluding hydrogens is 300 g/mol. The van der Waals surface area contributed by atoms with E-state index in [0.29, 0.717) is 0 Å². The second kappa shape index (κ2) is 6.58. The van der Waals surface area contributed by atoms with Crippen LogP contribution in [0.1, 0.15) is 19.3 Å². The maximum atomic E-state index is 2.56. The first-order valence-electron chi connectivity index (χ1n) is 8.63. The molecule has 0 spiro atoms. The van der Waals surface area contributed by atoms with E-state index in [2.05, 4.69) is 65.4 Å². The van der Waals surface area contributed by atoms with E-state index >= 15 is 0 Å². The summed E-state index contributed by atoms with van der Waals surface area (Å²) >= 11 is 1.90. The smallest absolute Gasteiger partial charge is 0.0552 e. The van der Waals surface area contributed by atoms with Crippen LogP contribution in [0.25, 0.3) is 0 Å². The topological polar surface area (TPSA) is 6.48 Å². The molecule has 120 valence electrons. The van der Waals surface area contributed by atoms with Crippen LogP contribution in [0.15, 0.2) is 58.3 Å². The molecule has 23 heavy (non-hydrogen) atoms. The van der Waals surface area contributed by atoms with E-state index in [0.717, 1.165) is 12.5 Å². The summed E-state index contributed by atoms with van der Waals surface area (Å²) in [5.74, 6) is 0.742. The van der Waals surface area contributed by atoms with Crippen molar-refractivity contribution in [3.05, 3.63) is 48.5 Å². The number of anilines is 2. The molecule has 1 atom stereocenters. The number of hydrogen-bond acceptors (Lipinski definition) is 3. The molecule has 2 nitrogen and oxygen atoms in total. The molecule has 0 N–H and O–H groups in total. The van der Waals surface area contributed by atoms with Crippen molar-refractivity contribution >= 4 is 23.1 Å². The number of likely N-dealkylation sites (tertiary alicyclic amines) is 1. The Hall–Kier alpha value is -1.45. The highest BCUT2D eigenvalue weighted by atomic mass is 32.2. The van der Waals surface area contributed by atoms with Crippen molar-refractivity contribution in [3.8, 4) is 0 Å². The second-order valence-corrected chi connectivity index (χ2v) is 7.86. The summed E-state index contributed by atoms with van der Waals surface area (Å²) in [6, 6.07) is 17.7. The number of para-hydroxylation sites is 2. The Morgan fingerprint density at radius 1 is 0.957 bits per heavy atom. The molecule has 2 aromatic carbocycles. The molecule has 0 amide bonds. The van der Waals surface area contributed by atoms with Gasteiger partial charge in [-0.1, -0.05) is 42.4 Å². The van der Waals surface area contributed by atoms with Gasteiger partial charge in [0.05, 0.1) is 11.4 Å². The average molecular weight is 324 g/mol. The van der Waals surface area contributed by atoms with Gasteiger partial charge >= 0.3 is 0 Å². The Morgan fingerprint density at radius 2 is 1.61 bits per heavy atom. The Morgan fingerprint density at radius 3 is 2.30 bits per heavy atom. The van der Waals surface area contributed by atoms with E-state index in [4.69, 9.17) is 0 Å². The third kappa shape index (κ3) is 3.13. The largest absolute Gasteiger partial charge is 0.339 e. The molecule has 0 radical (unpaired) electrons. The number of hydrogen-bond donors (Lipinski definition) is 0. The standard InChI is InChI=1S/C20H24N2S/c1-21-13-7-6-8-16(14-21)15-22-17-9-2-4-11-19(17)23-20-12-5-3-10-18(20)22/h2-5,9-12,16H,6-8,13-15H2,1H3. The lowest BCUT2D eigenvalue weighted by atomic mass is 10.0. The van der Waals surface area contributed by atoms with Crippen molar-refractivity contribution in [2.75, 3.05) is 31.6 Å². The van der Waals surface area contributed by atoms with Gasteiger partial charge in [-0.05, 0) is 56.6 Å². The molecule has 0 aliphatic carbocycles. The lowest BCUT2D eigenvalue weighted by Gasteiger charge is -2.35. The summed E-state index contributed by atoms with van der Waals surface area (Å²) < 4.78 is 0. The first-order valence-corrected chi connectivity index (χ1v) is 9.45. The van der Waals surface area contributed by atoms with Crippen LogP contribution in [0.3, 0.4) is 0 Å². The zero-order chi connectivity index (χ0) is 15.6. The van der Waals surface area contributed by atoms with E-state index in [1.54, 1.807) is 0 Å². The summed E-state index contributed by atoms with van der Waals surface area (Å²) in [7, 11) is 2.27. The third-order valence-electron chi connectivity index (χ3n) is 4.94. The van der Waals surface area contributed by atoms with Crippen LogP contribution in [0.5, 0.6) is 0 Å². The van der Waals surface area contributed by atoms with E-state index < -0.39 is 0 Å². The van der Waals surface area contributed by atoms with Gasteiger partial charge < -0.3 is 9.80 Å². The predicted molar refractivity (Wildman–Crippen MR) is 98.9 cm³/mol. The summed E-state index contributed by atoms with van der Waals surface area (Å²) in [6.07, 6.45) is 4.05. The number of benzene rings is 2.